The Bertz CT molecular complexity index is 618. The van der Waals surface area contributed by atoms with Crippen molar-refractivity contribution in [1.82, 2.24) is 9.97 Å². The zero-order valence-electron chi connectivity index (χ0n) is 12.1. The lowest BCUT2D eigenvalue weighted by atomic mass is 10.00. The lowest BCUT2D eigenvalue weighted by molar-refractivity contribution is 0.773. The predicted molar refractivity (Wildman–Crippen MR) is 80.8 cm³/mol. The second kappa shape index (κ2) is 5.30. The summed E-state index contributed by atoms with van der Waals surface area (Å²) in [5.74, 6) is 1.06. The van der Waals surface area contributed by atoms with Gasteiger partial charge in [-0.15, -0.1) is 0 Å². The van der Waals surface area contributed by atoms with Crippen molar-refractivity contribution in [3.05, 3.63) is 45.9 Å². The molecule has 0 aliphatic rings. The summed E-state index contributed by atoms with van der Waals surface area (Å²) in [7, 11) is 0. The minimum atomic E-state index is 0.266. The summed E-state index contributed by atoms with van der Waals surface area (Å²) in [5.41, 5.74) is 5.49. The molecule has 100 valence electrons. The zero-order valence-corrected chi connectivity index (χ0v) is 12.8. The van der Waals surface area contributed by atoms with E-state index >= 15 is 0 Å². The smallest absolute Gasteiger partial charge is 0.136 e. The molecule has 0 spiro atoms. The molecule has 3 heteroatoms. The van der Waals surface area contributed by atoms with E-state index in [-0.39, 0.29) is 5.92 Å². The van der Waals surface area contributed by atoms with Crippen LogP contribution < -0.4 is 0 Å². The molecule has 0 bridgehead atoms. The second-order valence-corrected chi connectivity index (χ2v) is 5.68. The van der Waals surface area contributed by atoms with Gasteiger partial charge in [-0.05, 0) is 26.3 Å². The Morgan fingerprint density at radius 2 is 1.74 bits per heavy atom. The standard InChI is InChI=1S/C16H19ClN2/c1-9(2)16-18-14(12(5)15(17)19-16)13-7-6-10(3)8-11(13)4/h6-9H,1-5H3. The van der Waals surface area contributed by atoms with Crippen molar-refractivity contribution in [3.63, 3.8) is 0 Å². The van der Waals surface area contributed by atoms with Gasteiger partial charge in [-0.3, -0.25) is 0 Å². The van der Waals surface area contributed by atoms with Crippen LogP contribution in [0.4, 0.5) is 0 Å². The highest BCUT2D eigenvalue weighted by atomic mass is 35.5. The van der Waals surface area contributed by atoms with Crippen molar-refractivity contribution < 1.29 is 0 Å². The fourth-order valence-corrected chi connectivity index (χ4v) is 2.28. The Balaban J connectivity index is 2.67. The van der Waals surface area contributed by atoms with Crippen LogP contribution in [0.15, 0.2) is 18.2 Å². The van der Waals surface area contributed by atoms with Gasteiger partial charge in [0.1, 0.15) is 11.0 Å². The highest BCUT2D eigenvalue weighted by molar-refractivity contribution is 6.30. The van der Waals surface area contributed by atoms with Crippen LogP contribution in [0.2, 0.25) is 5.15 Å². The third-order valence-corrected chi connectivity index (χ3v) is 3.63. The first-order valence-corrected chi connectivity index (χ1v) is 6.89. The number of hydrogen-bond acceptors (Lipinski definition) is 2. The molecule has 0 unspecified atom stereocenters. The van der Waals surface area contributed by atoms with Crippen molar-refractivity contribution >= 4 is 11.6 Å². The first-order valence-electron chi connectivity index (χ1n) is 6.51. The van der Waals surface area contributed by atoms with Crippen LogP contribution in [-0.4, -0.2) is 9.97 Å². The molecule has 2 rings (SSSR count). The van der Waals surface area contributed by atoms with E-state index in [9.17, 15) is 0 Å². The SMILES string of the molecule is Cc1ccc(-c2nc(C(C)C)nc(Cl)c2C)c(C)c1. The number of halogens is 1. The average molecular weight is 275 g/mol. The fraction of sp³-hybridized carbons (Fsp3) is 0.375. The minimum Gasteiger partial charge on any atom is -0.232 e. The number of rotatable bonds is 2. The average Bonchev–Trinajstić information content (AvgIpc) is 2.33. The molecule has 2 nitrogen and oxygen atoms in total. The van der Waals surface area contributed by atoms with Gasteiger partial charge in [0.05, 0.1) is 5.69 Å². The van der Waals surface area contributed by atoms with Crippen LogP contribution in [0.5, 0.6) is 0 Å². The Labute approximate surface area is 119 Å². The molecule has 2 aromatic rings. The fourth-order valence-electron chi connectivity index (χ4n) is 2.11. The summed E-state index contributed by atoms with van der Waals surface area (Å²) in [6, 6.07) is 6.38. The molecule has 0 saturated carbocycles. The molecule has 0 atom stereocenters. The number of benzene rings is 1. The molecule has 0 N–H and O–H groups in total. The number of aromatic nitrogens is 2. The van der Waals surface area contributed by atoms with Crippen LogP contribution in [0.1, 0.15) is 42.3 Å². The van der Waals surface area contributed by atoms with E-state index in [1.54, 1.807) is 0 Å². The summed E-state index contributed by atoms with van der Waals surface area (Å²) < 4.78 is 0. The quantitative estimate of drug-likeness (QED) is 0.732. The number of hydrogen-bond donors (Lipinski definition) is 0. The van der Waals surface area contributed by atoms with Gasteiger partial charge in [-0.2, -0.15) is 0 Å². The van der Waals surface area contributed by atoms with Crippen LogP contribution >= 0.6 is 11.6 Å². The predicted octanol–water partition coefficient (Wildman–Crippen LogP) is 4.85. The lowest BCUT2D eigenvalue weighted by Gasteiger charge is -2.13. The topological polar surface area (TPSA) is 25.8 Å². The molecular weight excluding hydrogens is 256 g/mol. The highest BCUT2D eigenvalue weighted by Crippen LogP contribution is 2.30. The van der Waals surface area contributed by atoms with E-state index in [1.165, 1.54) is 11.1 Å². The molecule has 1 heterocycles. The molecule has 0 aliphatic heterocycles. The van der Waals surface area contributed by atoms with Crippen LogP contribution in [0.25, 0.3) is 11.3 Å². The summed E-state index contributed by atoms with van der Waals surface area (Å²) in [4.78, 5) is 9.06. The molecule has 1 aromatic carbocycles. The van der Waals surface area contributed by atoms with E-state index in [2.05, 4.69) is 50.9 Å². The summed E-state index contributed by atoms with van der Waals surface area (Å²) in [5, 5.41) is 0.550. The maximum atomic E-state index is 6.25. The maximum absolute atomic E-state index is 6.25. The van der Waals surface area contributed by atoms with Gasteiger partial charge in [0.2, 0.25) is 0 Å². The Kier molecular flexibility index (Phi) is 3.91. The summed E-state index contributed by atoms with van der Waals surface area (Å²) in [6.07, 6.45) is 0. The van der Waals surface area contributed by atoms with Crippen molar-refractivity contribution in [2.45, 2.75) is 40.5 Å². The maximum Gasteiger partial charge on any atom is 0.136 e. The van der Waals surface area contributed by atoms with Crippen LogP contribution in [0, 0.1) is 20.8 Å². The first kappa shape index (κ1) is 14.0. The summed E-state index contributed by atoms with van der Waals surface area (Å²) >= 11 is 6.25. The van der Waals surface area contributed by atoms with Crippen molar-refractivity contribution in [3.8, 4) is 11.3 Å². The lowest BCUT2D eigenvalue weighted by Crippen LogP contribution is -2.03. The van der Waals surface area contributed by atoms with Gasteiger partial charge in [0.25, 0.3) is 0 Å². The first-order chi connectivity index (χ1) is 8.90. The number of nitrogens with zero attached hydrogens (tertiary/aromatic N) is 2. The van der Waals surface area contributed by atoms with E-state index < -0.39 is 0 Å². The second-order valence-electron chi connectivity index (χ2n) is 5.32. The van der Waals surface area contributed by atoms with E-state index in [1.807, 2.05) is 6.92 Å². The van der Waals surface area contributed by atoms with Crippen molar-refractivity contribution in [1.29, 1.82) is 0 Å². The molecule has 19 heavy (non-hydrogen) atoms. The largest absolute Gasteiger partial charge is 0.232 e. The molecule has 0 aliphatic carbocycles. The monoisotopic (exact) mass is 274 g/mol. The zero-order chi connectivity index (χ0) is 14.2. The van der Waals surface area contributed by atoms with E-state index in [0.717, 1.165) is 22.6 Å². The Hall–Kier alpha value is -1.41. The molecule has 0 amide bonds. The normalized spacial score (nSPS) is 11.1. The van der Waals surface area contributed by atoms with E-state index in [4.69, 9.17) is 16.6 Å². The minimum absolute atomic E-state index is 0.266. The molecule has 0 saturated heterocycles. The third-order valence-electron chi connectivity index (χ3n) is 3.26. The van der Waals surface area contributed by atoms with E-state index in [0.29, 0.717) is 5.15 Å². The number of aryl methyl sites for hydroxylation is 2. The Morgan fingerprint density at radius 3 is 2.32 bits per heavy atom. The highest BCUT2D eigenvalue weighted by Gasteiger charge is 2.14. The van der Waals surface area contributed by atoms with Gasteiger partial charge in [-0.1, -0.05) is 49.2 Å². The van der Waals surface area contributed by atoms with Gasteiger partial charge < -0.3 is 0 Å². The third kappa shape index (κ3) is 2.79. The van der Waals surface area contributed by atoms with Crippen LogP contribution in [0.3, 0.4) is 0 Å². The molecular formula is C16H19ClN2. The molecule has 0 fully saturated rings. The van der Waals surface area contributed by atoms with Gasteiger partial charge in [0.15, 0.2) is 0 Å². The van der Waals surface area contributed by atoms with Gasteiger partial charge >= 0.3 is 0 Å². The van der Waals surface area contributed by atoms with Crippen molar-refractivity contribution in [2.24, 2.45) is 0 Å². The summed E-state index contributed by atoms with van der Waals surface area (Å²) in [6.45, 7) is 10.3. The van der Waals surface area contributed by atoms with Gasteiger partial charge in [0, 0.05) is 17.0 Å². The Morgan fingerprint density at radius 1 is 1.05 bits per heavy atom. The molecule has 1 aromatic heterocycles. The molecule has 0 radical (unpaired) electrons. The van der Waals surface area contributed by atoms with Crippen LogP contribution in [-0.2, 0) is 0 Å². The van der Waals surface area contributed by atoms with Gasteiger partial charge in [-0.25, -0.2) is 9.97 Å². The van der Waals surface area contributed by atoms with Crippen molar-refractivity contribution in [2.75, 3.05) is 0 Å².